The Morgan fingerprint density at radius 1 is 1.08 bits per heavy atom. The Kier molecular flexibility index (Phi) is 7.42. The van der Waals surface area contributed by atoms with Gasteiger partial charge in [0.1, 0.15) is 12.2 Å². The molecule has 10 nitrogen and oxygen atoms in total. The number of hydrogen-bond acceptors (Lipinski definition) is 7. The van der Waals surface area contributed by atoms with E-state index >= 15 is 0 Å². The molecule has 0 spiro atoms. The molecule has 3 amide bonds. The van der Waals surface area contributed by atoms with Gasteiger partial charge in [0.05, 0.1) is 11.5 Å². The third-order valence-electron chi connectivity index (χ3n) is 6.22. The van der Waals surface area contributed by atoms with Gasteiger partial charge in [-0.1, -0.05) is 30.3 Å². The molecule has 1 saturated heterocycles. The number of amides is 3. The molecule has 0 radical (unpaired) electrons. The highest BCUT2D eigenvalue weighted by atomic mass is 16.6. The first kappa shape index (κ1) is 25.4. The fraction of sp³-hybridized carbons (Fsp3) is 0.500. The summed E-state index contributed by atoms with van der Waals surface area (Å²) in [6.07, 6.45) is 4.02. The fourth-order valence-corrected chi connectivity index (χ4v) is 4.20. The number of hydrogen-bond donors (Lipinski definition) is 2. The maximum atomic E-state index is 13.5. The lowest BCUT2D eigenvalue weighted by atomic mass is 9.91. The first-order chi connectivity index (χ1) is 17.2. The minimum absolute atomic E-state index is 0.107. The van der Waals surface area contributed by atoms with Gasteiger partial charge in [-0.15, -0.1) is 0 Å². The van der Waals surface area contributed by atoms with Gasteiger partial charge in [0, 0.05) is 31.5 Å². The number of rotatable bonds is 6. The van der Waals surface area contributed by atoms with E-state index in [-0.39, 0.29) is 19.1 Å². The van der Waals surface area contributed by atoms with E-state index in [9.17, 15) is 14.4 Å². The van der Waals surface area contributed by atoms with Gasteiger partial charge in [-0.25, -0.2) is 19.6 Å². The molecule has 1 saturated carbocycles. The van der Waals surface area contributed by atoms with Crippen molar-refractivity contribution in [3.8, 4) is 0 Å². The maximum Gasteiger partial charge on any atom is 0.410 e. The Hall–Kier alpha value is -3.69. The van der Waals surface area contributed by atoms with Crippen LogP contribution in [0.1, 0.15) is 51.4 Å². The van der Waals surface area contributed by atoms with E-state index in [0.717, 1.165) is 18.4 Å². The van der Waals surface area contributed by atoms with Crippen LogP contribution in [0, 0.1) is 5.92 Å². The highest BCUT2D eigenvalue weighted by Gasteiger charge is 2.50. The summed E-state index contributed by atoms with van der Waals surface area (Å²) in [6, 6.07) is 10.6. The largest absolute Gasteiger partial charge is 0.445 e. The first-order valence-electron chi connectivity index (χ1n) is 12.2. The van der Waals surface area contributed by atoms with Crippen molar-refractivity contribution in [3.63, 3.8) is 0 Å². The maximum absolute atomic E-state index is 13.5. The minimum Gasteiger partial charge on any atom is -0.445 e. The molecule has 36 heavy (non-hydrogen) atoms. The molecule has 1 aliphatic carbocycles. The molecule has 0 unspecified atom stereocenters. The van der Waals surface area contributed by atoms with Crippen LogP contribution in [-0.4, -0.2) is 57.7 Å². The number of nitrogens with one attached hydrogen (secondary N) is 2. The Balaban J connectivity index is 1.45. The summed E-state index contributed by atoms with van der Waals surface area (Å²) >= 11 is 0. The highest BCUT2D eigenvalue weighted by Crippen LogP contribution is 2.44. The quantitative estimate of drug-likeness (QED) is 0.631. The summed E-state index contributed by atoms with van der Waals surface area (Å²) in [7, 11) is 0. The lowest BCUT2D eigenvalue weighted by molar-refractivity contribution is -0.128. The van der Waals surface area contributed by atoms with E-state index in [2.05, 4.69) is 20.6 Å². The summed E-state index contributed by atoms with van der Waals surface area (Å²) < 4.78 is 10.9. The van der Waals surface area contributed by atoms with E-state index in [0.29, 0.717) is 18.8 Å². The fourth-order valence-electron chi connectivity index (χ4n) is 4.20. The number of ether oxygens (including phenoxy) is 2. The molecule has 0 bridgehead atoms. The number of alkyl carbamates (subject to hydrolysis) is 1. The number of nitrogens with zero attached hydrogens (tertiary/aromatic N) is 3. The number of aromatic nitrogens is 2. The number of carbonyl (C=O) groups is 3. The lowest BCUT2D eigenvalue weighted by Crippen LogP contribution is -2.58. The third-order valence-corrected chi connectivity index (χ3v) is 6.22. The lowest BCUT2D eigenvalue weighted by Gasteiger charge is -2.38. The average molecular weight is 496 g/mol. The van der Waals surface area contributed by atoms with E-state index < -0.39 is 35.3 Å². The zero-order valence-electron chi connectivity index (χ0n) is 20.9. The van der Waals surface area contributed by atoms with Crippen LogP contribution in [0.3, 0.4) is 0 Å². The van der Waals surface area contributed by atoms with Crippen LogP contribution in [0.4, 0.5) is 9.59 Å². The van der Waals surface area contributed by atoms with Crippen molar-refractivity contribution in [3.05, 3.63) is 60.2 Å². The Morgan fingerprint density at radius 2 is 1.78 bits per heavy atom. The van der Waals surface area contributed by atoms with Gasteiger partial charge in [-0.2, -0.15) is 0 Å². The van der Waals surface area contributed by atoms with Crippen LogP contribution in [-0.2, 0) is 26.4 Å². The predicted octanol–water partition coefficient (Wildman–Crippen LogP) is 3.13. The zero-order chi connectivity index (χ0) is 25.8. The van der Waals surface area contributed by atoms with Gasteiger partial charge in [0.15, 0.2) is 5.82 Å². The molecule has 10 heteroatoms. The SMILES string of the molecule is CC(C)(C)OC(=O)N1CC[C@@H](NC(=O)OCc2ccccc2)[C@H](C(=O)NC2(c3ncccn3)CC2)C1. The number of likely N-dealkylation sites (tertiary alicyclic amines) is 1. The van der Waals surface area contributed by atoms with E-state index in [1.165, 1.54) is 4.90 Å². The molecule has 1 aromatic heterocycles. The first-order valence-corrected chi connectivity index (χ1v) is 12.2. The normalized spacial score (nSPS) is 20.7. The third kappa shape index (κ3) is 6.50. The summed E-state index contributed by atoms with van der Waals surface area (Å²) in [5.74, 6) is -0.414. The van der Waals surface area contributed by atoms with Crippen LogP contribution in [0.25, 0.3) is 0 Å². The molecule has 2 aliphatic rings. The van der Waals surface area contributed by atoms with Gasteiger partial charge in [-0.3, -0.25) is 4.79 Å². The van der Waals surface area contributed by atoms with E-state index in [1.54, 1.807) is 39.2 Å². The predicted molar refractivity (Wildman–Crippen MR) is 131 cm³/mol. The standard InChI is InChI=1S/C26H33N5O5/c1-25(2,3)36-24(34)31-15-10-20(29-23(33)35-17-18-8-5-4-6-9-18)19(16-31)21(32)30-26(11-12-26)22-27-13-7-14-28-22/h4-9,13-14,19-20H,10-12,15-17H2,1-3H3,(H,29,33)(H,30,32)/t19-,20-/m1/s1. The molecule has 2 atom stereocenters. The van der Waals surface area contributed by atoms with Crippen molar-refractivity contribution in [1.29, 1.82) is 0 Å². The number of piperidine rings is 1. The molecule has 192 valence electrons. The van der Waals surface area contributed by atoms with Gasteiger partial charge >= 0.3 is 12.2 Å². The van der Waals surface area contributed by atoms with Gasteiger partial charge in [0.2, 0.25) is 5.91 Å². The Bertz CT molecular complexity index is 1070. The second-order valence-electron chi connectivity index (χ2n) is 10.3. The Labute approximate surface area is 210 Å². The summed E-state index contributed by atoms with van der Waals surface area (Å²) in [5.41, 5.74) is -0.418. The average Bonchev–Trinajstić information content (AvgIpc) is 3.63. The molecule has 4 rings (SSSR count). The van der Waals surface area contributed by atoms with Crippen LogP contribution in [0.5, 0.6) is 0 Å². The van der Waals surface area contributed by atoms with Crippen LogP contribution in [0.15, 0.2) is 48.8 Å². The van der Waals surface area contributed by atoms with Crippen LogP contribution < -0.4 is 10.6 Å². The van der Waals surface area contributed by atoms with Gasteiger partial charge in [0.25, 0.3) is 0 Å². The zero-order valence-corrected chi connectivity index (χ0v) is 20.9. The Morgan fingerprint density at radius 3 is 2.42 bits per heavy atom. The monoisotopic (exact) mass is 495 g/mol. The second-order valence-corrected chi connectivity index (χ2v) is 10.3. The number of benzene rings is 1. The summed E-state index contributed by atoms with van der Waals surface area (Å²) in [5, 5.41) is 5.93. The van der Waals surface area contributed by atoms with Crippen LogP contribution >= 0.6 is 0 Å². The van der Waals surface area contributed by atoms with Crippen molar-refractivity contribution >= 4 is 18.1 Å². The minimum atomic E-state index is -0.697. The number of carbonyl (C=O) groups excluding carboxylic acids is 3. The van der Waals surface area contributed by atoms with Crippen molar-refractivity contribution in [1.82, 2.24) is 25.5 Å². The van der Waals surface area contributed by atoms with Crippen molar-refractivity contribution in [2.75, 3.05) is 13.1 Å². The van der Waals surface area contributed by atoms with E-state index in [4.69, 9.17) is 9.47 Å². The molecule has 2 fully saturated rings. The smallest absolute Gasteiger partial charge is 0.410 e. The van der Waals surface area contributed by atoms with Gasteiger partial charge in [-0.05, 0) is 51.7 Å². The molecule has 1 aliphatic heterocycles. The van der Waals surface area contributed by atoms with Crippen molar-refractivity contribution < 1.29 is 23.9 Å². The molecular weight excluding hydrogens is 462 g/mol. The molecular formula is C26H33N5O5. The van der Waals surface area contributed by atoms with Crippen LogP contribution in [0.2, 0.25) is 0 Å². The summed E-state index contributed by atoms with van der Waals surface area (Å²) in [4.78, 5) is 49.0. The highest BCUT2D eigenvalue weighted by molar-refractivity contribution is 5.83. The van der Waals surface area contributed by atoms with E-state index in [1.807, 2.05) is 30.3 Å². The molecule has 2 N–H and O–H groups in total. The summed E-state index contributed by atoms with van der Waals surface area (Å²) in [6.45, 7) is 5.95. The molecule has 1 aromatic carbocycles. The van der Waals surface area contributed by atoms with Crippen molar-refractivity contribution in [2.24, 2.45) is 5.92 Å². The van der Waals surface area contributed by atoms with Crippen molar-refractivity contribution in [2.45, 2.75) is 63.8 Å². The van der Waals surface area contributed by atoms with Gasteiger partial charge < -0.3 is 25.0 Å². The molecule has 2 heterocycles. The second kappa shape index (κ2) is 10.5. The topological polar surface area (TPSA) is 123 Å². The molecule has 2 aromatic rings.